The van der Waals surface area contributed by atoms with Crippen LogP contribution in [0.25, 0.3) is 11.1 Å². The highest BCUT2D eigenvalue weighted by molar-refractivity contribution is 6.46. The number of nitrogens with one attached hydrogen (secondary N) is 1. The van der Waals surface area contributed by atoms with Crippen LogP contribution in [0, 0.1) is 10.1 Å². The second-order valence-electron chi connectivity index (χ2n) is 4.92. The van der Waals surface area contributed by atoms with Crippen molar-refractivity contribution in [3.8, 4) is 11.1 Å². The first-order valence-corrected chi connectivity index (χ1v) is 6.75. The van der Waals surface area contributed by atoms with Gasteiger partial charge in [-0.05, 0) is 34.9 Å². The van der Waals surface area contributed by atoms with Crippen molar-refractivity contribution in [1.82, 2.24) is 5.32 Å². The first-order valence-electron chi connectivity index (χ1n) is 6.75. The molecule has 1 aliphatic rings. The molecule has 0 spiro atoms. The predicted molar refractivity (Wildman–Crippen MR) is 82.8 cm³/mol. The van der Waals surface area contributed by atoms with Crippen LogP contribution in [0.2, 0.25) is 0 Å². The molecule has 6 heteroatoms. The highest BCUT2D eigenvalue weighted by Gasteiger charge is 2.21. The Hall–Kier alpha value is -3.02. The summed E-state index contributed by atoms with van der Waals surface area (Å²) in [6.07, 6.45) is 0. The zero-order chi connectivity index (χ0) is 15.7. The minimum absolute atomic E-state index is 0.0650. The standard InChI is InChI=1S/C16H13N3O3/c1-17-16(20)15-14-7-4-11(8-12(14)9-18-15)10-2-5-13(6-3-10)19(21)22/h2-8H,9H2,1H3,(H,17,20). The Morgan fingerprint density at radius 3 is 2.50 bits per heavy atom. The number of carbonyl (C=O) groups excluding carboxylic acids is 1. The van der Waals surface area contributed by atoms with Gasteiger partial charge in [0.15, 0.2) is 0 Å². The summed E-state index contributed by atoms with van der Waals surface area (Å²) in [5.41, 5.74) is 4.17. The molecule has 3 rings (SSSR count). The Morgan fingerprint density at radius 2 is 1.86 bits per heavy atom. The van der Waals surface area contributed by atoms with Gasteiger partial charge in [0.2, 0.25) is 0 Å². The smallest absolute Gasteiger partial charge is 0.269 e. The van der Waals surface area contributed by atoms with Crippen LogP contribution in [0.15, 0.2) is 47.5 Å². The van der Waals surface area contributed by atoms with Gasteiger partial charge in [-0.15, -0.1) is 0 Å². The Morgan fingerprint density at radius 1 is 1.18 bits per heavy atom. The van der Waals surface area contributed by atoms with E-state index < -0.39 is 4.92 Å². The number of hydrogen-bond acceptors (Lipinski definition) is 4. The number of carbonyl (C=O) groups is 1. The zero-order valence-electron chi connectivity index (χ0n) is 11.9. The largest absolute Gasteiger partial charge is 0.354 e. The summed E-state index contributed by atoms with van der Waals surface area (Å²) in [6.45, 7) is 0.471. The van der Waals surface area contributed by atoms with Gasteiger partial charge in [-0.25, -0.2) is 0 Å². The van der Waals surface area contributed by atoms with Crippen LogP contribution in [0.3, 0.4) is 0 Å². The van der Waals surface area contributed by atoms with Crippen molar-refractivity contribution in [1.29, 1.82) is 0 Å². The third-order valence-corrected chi connectivity index (χ3v) is 3.62. The van der Waals surface area contributed by atoms with E-state index in [-0.39, 0.29) is 11.6 Å². The van der Waals surface area contributed by atoms with E-state index in [9.17, 15) is 14.9 Å². The van der Waals surface area contributed by atoms with Gasteiger partial charge in [0.05, 0.1) is 11.5 Å². The van der Waals surface area contributed by atoms with Crippen LogP contribution in [0.1, 0.15) is 11.1 Å². The van der Waals surface area contributed by atoms with Crippen molar-refractivity contribution in [2.45, 2.75) is 6.54 Å². The summed E-state index contributed by atoms with van der Waals surface area (Å²) >= 11 is 0. The van der Waals surface area contributed by atoms with E-state index in [0.717, 1.165) is 22.3 Å². The molecule has 6 nitrogen and oxygen atoms in total. The average molecular weight is 295 g/mol. The molecular formula is C16H13N3O3. The molecule has 1 N–H and O–H groups in total. The van der Waals surface area contributed by atoms with E-state index >= 15 is 0 Å². The van der Waals surface area contributed by atoms with Crippen molar-refractivity contribution >= 4 is 17.3 Å². The van der Waals surface area contributed by atoms with Crippen molar-refractivity contribution in [2.24, 2.45) is 4.99 Å². The molecule has 110 valence electrons. The van der Waals surface area contributed by atoms with E-state index in [1.807, 2.05) is 18.2 Å². The number of fused-ring (bicyclic) bond motifs is 1. The van der Waals surface area contributed by atoms with E-state index in [0.29, 0.717) is 12.3 Å². The lowest BCUT2D eigenvalue weighted by atomic mass is 9.98. The van der Waals surface area contributed by atoms with Crippen LogP contribution in [0.4, 0.5) is 5.69 Å². The number of amides is 1. The summed E-state index contributed by atoms with van der Waals surface area (Å²) in [4.78, 5) is 26.3. The van der Waals surface area contributed by atoms with E-state index in [1.165, 1.54) is 12.1 Å². The highest BCUT2D eigenvalue weighted by Crippen LogP contribution is 2.27. The first-order chi connectivity index (χ1) is 10.6. The van der Waals surface area contributed by atoms with Gasteiger partial charge < -0.3 is 5.32 Å². The minimum atomic E-state index is -0.421. The molecule has 1 aliphatic heterocycles. The molecule has 22 heavy (non-hydrogen) atoms. The number of nitro groups is 1. The molecular weight excluding hydrogens is 282 g/mol. The van der Waals surface area contributed by atoms with Gasteiger partial charge in [0.25, 0.3) is 11.6 Å². The third kappa shape index (κ3) is 2.35. The van der Waals surface area contributed by atoms with Crippen molar-refractivity contribution in [3.05, 3.63) is 63.7 Å². The second kappa shape index (κ2) is 5.40. The lowest BCUT2D eigenvalue weighted by molar-refractivity contribution is -0.384. The quantitative estimate of drug-likeness (QED) is 0.696. The van der Waals surface area contributed by atoms with E-state index in [2.05, 4.69) is 10.3 Å². The topological polar surface area (TPSA) is 84.6 Å². The van der Waals surface area contributed by atoms with Gasteiger partial charge in [-0.3, -0.25) is 19.9 Å². The molecule has 0 bridgehead atoms. The van der Waals surface area contributed by atoms with Crippen LogP contribution in [-0.2, 0) is 11.3 Å². The minimum Gasteiger partial charge on any atom is -0.354 e. The number of likely N-dealkylation sites (N-methyl/N-ethyl adjacent to an activating group) is 1. The number of benzene rings is 2. The van der Waals surface area contributed by atoms with Gasteiger partial charge in [0.1, 0.15) is 5.71 Å². The summed E-state index contributed by atoms with van der Waals surface area (Å²) in [5.74, 6) is -0.193. The Labute approximate surface area is 126 Å². The highest BCUT2D eigenvalue weighted by atomic mass is 16.6. The summed E-state index contributed by atoms with van der Waals surface area (Å²) in [5, 5.41) is 13.3. The molecule has 2 aromatic carbocycles. The number of aliphatic imine (C=N–C) groups is 1. The molecule has 0 saturated heterocycles. The SMILES string of the molecule is CNC(=O)C1=NCc2cc(-c3ccc([N+](=O)[O-])cc3)ccc21. The van der Waals surface area contributed by atoms with Crippen molar-refractivity contribution < 1.29 is 9.72 Å². The summed E-state index contributed by atoms with van der Waals surface area (Å²) in [6, 6.07) is 12.1. The molecule has 1 heterocycles. The molecule has 0 atom stereocenters. The van der Waals surface area contributed by atoms with Gasteiger partial charge in [-0.1, -0.05) is 12.1 Å². The fraction of sp³-hybridized carbons (Fsp3) is 0.125. The first kappa shape index (κ1) is 13.9. The van der Waals surface area contributed by atoms with Gasteiger partial charge in [0, 0.05) is 24.7 Å². The Bertz CT molecular complexity index is 795. The Balaban J connectivity index is 1.93. The van der Waals surface area contributed by atoms with Gasteiger partial charge >= 0.3 is 0 Å². The number of rotatable bonds is 3. The monoisotopic (exact) mass is 295 g/mol. The van der Waals surface area contributed by atoms with E-state index in [4.69, 9.17) is 0 Å². The van der Waals surface area contributed by atoms with Crippen LogP contribution in [0.5, 0.6) is 0 Å². The van der Waals surface area contributed by atoms with Crippen molar-refractivity contribution in [3.63, 3.8) is 0 Å². The molecule has 2 aromatic rings. The van der Waals surface area contributed by atoms with Crippen LogP contribution in [-0.4, -0.2) is 23.6 Å². The lowest BCUT2D eigenvalue weighted by Crippen LogP contribution is -2.27. The maximum atomic E-state index is 11.7. The fourth-order valence-electron chi connectivity index (χ4n) is 2.47. The van der Waals surface area contributed by atoms with Crippen LogP contribution < -0.4 is 5.32 Å². The van der Waals surface area contributed by atoms with Gasteiger partial charge in [-0.2, -0.15) is 0 Å². The lowest BCUT2D eigenvalue weighted by Gasteiger charge is -2.06. The second-order valence-corrected chi connectivity index (χ2v) is 4.92. The zero-order valence-corrected chi connectivity index (χ0v) is 11.9. The van der Waals surface area contributed by atoms with Crippen molar-refractivity contribution in [2.75, 3.05) is 7.05 Å². The average Bonchev–Trinajstić information content (AvgIpc) is 2.97. The third-order valence-electron chi connectivity index (χ3n) is 3.62. The number of hydrogen-bond donors (Lipinski definition) is 1. The molecule has 0 saturated carbocycles. The summed E-state index contributed by atoms with van der Waals surface area (Å²) in [7, 11) is 1.58. The summed E-state index contributed by atoms with van der Waals surface area (Å²) < 4.78 is 0. The Kier molecular flexibility index (Phi) is 3.42. The molecule has 0 radical (unpaired) electrons. The molecule has 0 fully saturated rings. The number of non-ortho nitro benzene ring substituents is 1. The normalized spacial score (nSPS) is 12.5. The van der Waals surface area contributed by atoms with E-state index in [1.54, 1.807) is 19.2 Å². The maximum absolute atomic E-state index is 11.7. The maximum Gasteiger partial charge on any atom is 0.269 e. The molecule has 0 aliphatic carbocycles. The predicted octanol–water partition coefficient (Wildman–Crippen LogP) is 2.31. The fourth-order valence-corrected chi connectivity index (χ4v) is 2.47. The molecule has 0 unspecified atom stereocenters. The van der Waals surface area contributed by atoms with Crippen LogP contribution >= 0.6 is 0 Å². The number of nitrogens with zero attached hydrogens (tertiary/aromatic N) is 2. The number of nitro benzene ring substituents is 1. The molecule has 1 amide bonds. The molecule has 0 aromatic heterocycles.